The van der Waals surface area contributed by atoms with E-state index in [0.717, 1.165) is 95.1 Å². The second-order valence-corrected chi connectivity index (χ2v) is 11.7. The van der Waals surface area contributed by atoms with Crippen molar-refractivity contribution in [2.24, 2.45) is 9.98 Å². The topological polar surface area (TPSA) is 70.8 Å². The molecule has 0 aromatic heterocycles. The fourth-order valence-electron chi connectivity index (χ4n) is 5.88. The Labute approximate surface area is 276 Å². The van der Waals surface area contributed by atoms with Gasteiger partial charge in [0.25, 0.3) is 0 Å². The molecule has 238 valence electrons. The van der Waals surface area contributed by atoms with Crippen molar-refractivity contribution in [3.63, 3.8) is 0 Å². The molecule has 0 fully saturated rings. The van der Waals surface area contributed by atoms with Crippen molar-refractivity contribution in [2.45, 2.75) is 66.5 Å². The van der Waals surface area contributed by atoms with E-state index in [1.807, 2.05) is 36.4 Å². The summed E-state index contributed by atoms with van der Waals surface area (Å²) in [6.07, 6.45) is 4.04. The number of rotatable bonds is 18. The van der Waals surface area contributed by atoms with Gasteiger partial charge in [-0.2, -0.15) is 0 Å². The number of hydrogen-bond acceptors (Lipinski definition) is 4. The van der Waals surface area contributed by atoms with Crippen LogP contribution in [0.3, 0.4) is 0 Å². The molecule has 6 nitrogen and oxygen atoms in total. The lowest BCUT2D eigenvalue weighted by molar-refractivity contribution is -0.939. The van der Waals surface area contributed by atoms with Crippen molar-refractivity contribution >= 4 is 59.8 Å². The first kappa shape index (κ1) is 40.5. The Morgan fingerprint density at radius 2 is 0.881 bits per heavy atom. The highest BCUT2D eigenvalue weighted by atomic mass is 35.5. The first-order valence-electron chi connectivity index (χ1n) is 14.8. The van der Waals surface area contributed by atoms with Gasteiger partial charge in [0.2, 0.25) is 0 Å². The molecule has 0 aliphatic carbocycles. The zero-order valence-electron chi connectivity index (χ0n) is 25.7. The van der Waals surface area contributed by atoms with Crippen LogP contribution in [0.25, 0.3) is 0 Å². The van der Waals surface area contributed by atoms with E-state index in [4.69, 9.17) is 23.2 Å². The predicted molar refractivity (Wildman–Crippen MR) is 180 cm³/mol. The van der Waals surface area contributed by atoms with Gasteiger partial charge in [-0.1, -0.05) is 87.3 Å². The molecule has 0 amide bonds. The monoisotopic (exact) mass is 662 g/mol. The van der Waals surface area contributed by atoms with Crippen LogP contribution in [-0.2, 0) is 13.1 Å². The Morgan fingerprint density at radius 3 is 1.17 bits per heavy atom. The fraction of sp³-hybridized carbons (Fsp3) is 0.562. The number of nitrogens with zero attached hydrogens (tertiary/aromatic N) is 4. The average molecular weight is 665 g/mol. The van der Waals surface area contributed by atoms with Crippen molar-refractivity contribution in [2.75, 3.05) is 52.4 Å². The number of halogens is 4. The average Bonchev–Trinajstić information content (AvgIpc) is 2.92. The zero-order chi connectivity index (χ0) is 29.4. The van der Waals surface area contributed by atoms with Crippen LogP contribution in [-0.4, -0.2) is 73.1 Å². The van der Waals surface area contributed by atoms with E-state index in [0.29, 0.717) is 26.2 Å². The second-order valence-electron chi connectivity index (χ2n) is 10.9. The Morgan fingerprint density at radius 1 is 0.571 bits per heavy atom. The molecular weight excluding hydrogens is 614 g/mol. The number of quaternary nitrogens is 2. The van der Waals surface area contributed by atoms with Gasteiger partial charge < -0.3 is 19.2 Å². The highest BCUT2D eigenvalue weighted by Crippen LogP contribution is 2.24. The third-order valence-electron chi connectivity index (χ3n) is 7.56. The maximum Gasteiger partial charge on any atom is 0.106 e. The lowest BCUT2D eigenvalue weighted by Gasteiger charge is -2.39. The highest BCUT2D eigenvalue weighted by molar-refractivity contribution is 6.31. The summed E-state index contributed by atoms with van der Waals surface area (Å²) in [7, 11) is 0. The molecule has 0 spiro atoms. The Balaban J connectivity index is 0.00000840. The van der Waals surface area contributed by atoms with Crippen molar-refractivity contribution in [1.82, 2.24) is 0 Å². The summed E-state index contributed by atoms with van der Waals surface area (Å²) in [6.45, 7) is 16.0. The summed E-state index contributed by atoms with van der Waals surface area (Å²) in [5.41, 5.74) is 2.20. The minimum Gasteiger partial charge on any atom is -0.858 e. The van der Waals surface area contributed by atoms with Crippen LogP contribution in [0.2, 0.25) is 10.0 Å². The summed E-state index contributed by atoms with van der Waals surface area (Å²) < 4.78 is 1.57. The van der Waals surface area contributed by atoms with Crippen molar-refractivity contribution < 1.29 is 19.2 Å². The number of hydrogen-bond donors (Lipinski definition) is 0. The molecule has 42 heavy (non-hydrogen) atoms. The number of aliphatic imine (C=N–C) groups is 2. The third kappa shape index (κ3) is 13.0. The molecule has 0 aliphatic heterocycles. The largest absolute Gasteiger partial charge is 0.858 e. The highest BCUT2D eigenvalue weighted by Gasteiger charge is 2.28. The SMILES string of the molecule is CCC[N+](CCC)(CCN=C([O-])C([O-])=NCC[N+](CCC)(CCC)Cc1ccccc1Cl)Cc1ccccc1Cl.Cl.Cl. The van der Waals surface area contributed by atoms with E-state index < -0.39 is 11.8 Å². The minimum absolute atomic E-state index is 0. The molecule has 0 bridgehead atoms. The van der Waals surface area contributed by atoms with Gasteiger partial charge >= 0.3 is 0 Å². The van der Waals surface area contributed by atoms with Gasteiger partial charge in [0.05, 0.1) is 52.4 Å². The molecule has 10 heteroatoms. The third-order valence-corrected chi connectivity index (χ3v) is 8.30. The lowest BCUT2D eigenvalue weighted by Crippen LogP contribution is -2.51. The molecule has 2 rings (SSSR count). The van der Waals surface area contributed by atoms with E-state index in [9.17, 15) is 10.2 Å². The minimum atomic E-state index is -0.751. The van der Waals surface area contributed by atoms with Gasteiger partial charge in [0, 0.05) is 21.2 Å². The fourth-order valence-corrected chi connectivity index (χ4v) is 6.27. The van der Waals surface area contributed by atoms with Crippen LogP contribution in [0.1, 0.15) is 64.5 Å². The van der Waals surface area contributed by atoms with Crippen LogP contribution >= 0.6 is 48.0 Å². The van der Waals surface area contributed by atoms with Gasteiger partial charge in [-0.3, -0.25) is 9.98 Å². The summed E-state index contributed by atoms with van der Waals surface area (Å²) in [4.78, 5) is 8.30. The van der Waals surface area contributed by atoms with Crippen LogP contribution in [0.15, 0.2) is 58.5 Å². The quantitative estimate of drug-likeness (QED) is 0.106. The second kappa shape index (κ2) is 21.2. The summed E-state index contributed by atoms with van der Waals surface area (Å²) in [5.74, 6) is -1.50. The molecule has 0 saturated heterocycles. The van der Waals surface area contributed by atoms with Gasteiger partial charge in [-0.25, -0.2) is 0 Å². The van der Waals surface area contributed by atoms with Crippen LogP contribution in [0.4, 0.5) is 0 Å². The summed E-state index contributed by atoms with van der Waals surface area (Å²) in [6, 6.07) is 15.8. The number of benzene rings is 2. The van der Waals surface area contributed by atoms with Crippen molar-refractivity contribution in [1.29, 1.82) is 0 Å². The molecule has 0 radical (unpaired) electrons. The van der Waals surface area contributed by atoms with E-state index in [2.05, 4.69) is 49.8 Å². The molecular formula is C32H50Cl4N4O2. The van der Waals surface area contributed by atoms with Crippen LogP contribution < -0.4 is 10.2 Å². The first-order chi connectivity index (χ1) is 19.2. The van der Waals surface area contributed by atoms with E-state index in [1.165, 1.54) is 0 Å². The maximum absolute atomic E-state index is 12.6. The molecule has 2 aromatic carbocycles. The summed E-state index contributed by atoms with van der Waals surface area (Å²) in [5, 5.41) is 26.8. The Kier molecular flexibility index (Phi) is 20.4. The molecule has 0 N–H and O–H groups in total. The Bertz CT molecular complexity index is 1000. The van der Waals surface area contributed by atoms with Gasteiger partial charge in [-0.15, -0.1) is 24.8 Å². The molecule has 0 atom stereocenters. The molecule has 0 saturated carbocycles. The summed E-state index contributed by atoms with van der Waals surface area (Å²) >= 11 is 13.0. The van der Waals surface area contributed by atoms with Gasteiger partial charge in [0.15, 0.2) is 0 Å². The van der Waals surface area contributed by atoms with E-state index in [-0.39, 0.29) is 24.8 Å². The van der Waals surface area contributed by atoms with Crippen LogP contribution in [0, 0.1) is 0 Å². The van der Waals surface area contributed by atoms with Gasteiger partial charge in [-0.05, 0) is 49.6 Å². The van der Waals surface area contributed by atoms with Gasteiger partial charge in [0.1, 0.15) is 13.1 Å². The van der Waals surface area contributed by atoms with Crippen molar-refractivity contribution in [3.8, 4) is 0 Å². The predicted octanol–water partition coefficient (Wildman–Crippen LogP) is 6.33. The standard InChI is InChI=1S/C32H48Cl2N4O2.2ClH/c1-5-19-37(20-6-2,25-27-13-9-11-15-29(27)33)23-17-35-31(39)32(40)36-18-24-38(21-7-3,22-8-4)26-28-14-10-12-16-30(28)34;;/h9-16H,5-8,17-26H2,1-4H3;2*1H. The normalized spacial score (nSPS) is 12.5. The molecule has 0 unspecified atom stereocenters. The van der Waals surface area contributed by atoms with E-state index >= 15 is 0 Å². The van der Waals surface area contributed by atoms with E-state index in [1.54, 1.807) is 0 Å². The molecule has 0 heterocycles. The first-order valence-corrected chi connectivity index (χ1v) is 15.6. The zero-order valence-corrected chi connectivity index (χ0v) is 28.8. The molecule has 0 aliphatic rings. The lowest BCUT2D eigenvalue weighted by atomic mass is 10.1. The van der Waals surface area contributed by atoms with Crippen LogP contribution in [0.5, 0.6) is 0 Å². The Hall–Kier alpha value is -1.54. The molecule has 2 aromatic rings. The van der Waals surface area contributed by atoms with Crippen molar-refractivity contribution in [3.05, 3.63) is 69.7 Å². The maximum atomic E-state index is 12.6. The smallest absolute Gasteiger partial charge is 0.106 e.